The van der Waals surface area contributed by atoms with E-state index in [9.17, 15) is 0 Å². The van der Waals surface area contributed by atoms with Crippen molar-refractivity contribution in [1.29, 1.82) is 0 Å². The van der Waals surface area contributed by atoms with Crippen LogP contribution in [0.3, 0.4) is 0 Å². The van der Waals surface area contributed by atoms with Gasteiger partial charge in [-0.05, 0) is 34.3 Å². The Balaban J connectivity index is 2.49. The van der Waals surface area contributed by atoms with Gasteiger partial charge in [0.1, 0.15) is 0 Å². The van der Waals surface area contributed by atoms with Gasteiger partial charge in [0.05, 0.1) is 10.2 Å². The van der Waals surface area contributed by atoms with Gasteiger partial charge < -0.3 is 5.32 Å². The van der Waals surface area contributed by atoms with Gasteiger partial charge in [0.25, 0.3) is 0 Å². The molecule has 0 spiro atoms. The van der Waals surface area contributed by atoms with Crippen molar-refractivity contribution < 1.29 is 0 Å². The van der Waals surface area contributed by atoms with Gasteiger partial charge in [0.2, 0.25) is 0 Å². The zero-order chi connectivity index (χ0) is 7.68. The molecule has 2 rings (SSSR count). The summed E-state index contributed by atoms with van der Waals surface area (Å²) in [5.41, 5.74) is 2.55. The van der Waals surface area contributed by atoms with Crippen molar-refractivity contribution in [3.63, 3.8) is 0 Å². The van der Waals surface area contributed by atoms with Crippen molar-refractivity contribution in [2.24, 2.45) is 0 Å². The maximum absolute atomic E-state index is 4.11. The first-order valence-corrected chi connectivity index (χ1v) is 4.53. The Labute approximate surface area is 74.2 Å². The normalized spacial score (nSPS) is 15.4. The van der Waals surface area contributed by atoms with Crippen molar-refractivity contribution in [3.8, 4) is 0 Å². The van der Waals surface area contributed by atoms with Crippen LogP contribution in [0.2, 0.25) is 0 Å². The number of rotatable bonds is 0. The summed E-state index contributed by atoms with van der Waals surface area (Å²) in [6.07, 6.45) is 6.13. The molecule has 3 heteroatoms. The number of anilines is 1. The van der Waals surface area contributed by atoms with Crippen LogP contribution >= 0.6 is 15.9 Å². The highest BCUT2D eigenvalue weighted by Gasteiger charge is 2.10. The molecule has 0 unspecified atom stereocenters. The summed E-state index contributed by atoms with van der Waals surface area (Å²) < 4.78 is 1.08. The van der Waals surface area contributed by atoms with Gasteiger partial charge in [0.15, 0.2) is 0 Å². The lowest BCUT2D eigenvalue weighted by Crippen LogP contribution is -2.12. The molecule has 1 aliphatic rings. The minimum atomic E-state index is 1.08. The molecule has 1 aromatic rings. The van der Waals surface area contributed by atoms with E-state index >= 15 is 0 Å². The van der Waals surface area contributed by atoms with Gasteiger partial charge in [-0.15, -0.1) is 0 Å². The Hall–Kier alpha value is -0.570. The standard InChI is InChI=1S/C8H9BrN2/c9-7-5-10-4-6-2-1-3-11-8(6)7/h4-5,11H,1-3H2. The lowest BCUT2D eigenvalue weighted by atomic mass is 10.1. The van der Waals surface area contributed by atoms with Gasteiger partial charge in [-0.1, -0.05) is 0 Å². The summed E-state index contributed by atoms with van der Waals surface area (Å²) in [5, 5.41) is 3.34. The highest BCUT2D eigenvalue weighted by Crippen LogP contribution is 2.28. The zero-order valence-electron chi connectivity index (χ0n) is 6.10. The molecule has 1 aliphatic heterocycles. The molecule has 1 N–H and O–H groups in total. The van der Waals surface area contributed by atoms with Crippen LogP contribution in [0.5, 0.6) is 0 Å². The van der Waals surface area contributed by atoms with E-state index in [1.54, 1.807) is 0 Å². The topological polar surface area (TPSA) is 24.9 Å². The average Bonchev–Trinajstić information content (AvgIpc) is 2.06. The minimum absolute atomic E-state index is 1.08. The molecule has 2 heterocycles. The van der Waals surface area contributed by atoms with E-state index in [0.717, 1.165) is 17.4 Å². The second-order valence-electron chi connectivity index (χ2n) is 2.69. The maximum atomic E-state index is 4.11. The number of hydrogen-bond donors (Lipinski definition) is 1. The number of aromatic nitrogens is 1. The summed E-state index contributed by atoms with van der Waals surface area (Å²) in [5.74, 6) is 0. The fourth-order valence-electron chi connectivity index (χ4n) is 1.35. The number of nitrogens with zero attached hydrogens (tertiary/aromatic N) is 1. The molecule has 0 bridgehead atoms. The van der Waals surface area contributed by atoms with E-state index in [0.29, 0.717) is 0 Å². The van der Waals surface area contributed by atoms with Crippen molar-refractivity contribution in [2.45, 2.75) is 12.8 Å². The summed E-state index contributed by atoms with van der Waals surface area (Å²) in [4.78, 5) is 4.11. The van der Waals surface area contributed by atoms with Gasteiger partial charge in [-0.25, -0.2) is 0 Å². The van der Waals surface area contributed by atoms with Gasteiger partial charge in [0, 0.05) is 18.9 Å². The van der Waals surface area contributed by atoms with Crippen molar-refractivity contribution in [3.05, 3.63) is 22.4 Å². The number of hydrogen-bond acceptors (Lipinski definition) is 2. The van der Waals surface area contributed by atoms with Crippen LogP contribution in [0.1, 0.15) is 12.0 Å². The van der Waals surface area contributed by atoms with Crippen LogP contribution in [-0.4, -0.2) is 11.5 Å². The molecule has 0 aromatic carbocycles. The highest BCUT2D eigenvalue weighted by atomic mass is 79.9. The minimum Gasteiger partial charge on any atom is -0.384 e. The number of halogens is 1. The molecule has 0 fully saturated rings. The second-order valence-corrected chi connectivity index (χ2v) is 3.54. The molecule has 0 radical (unpaired) electrons. The molecular formula is C8H9BrN2. The number of nitrogens with one attached hydrogen (secondary N) is 1. The Morgan fingerprint density at radius 3 is 3.18 bits per heavy atom. The van der Waals surface area contributed by atoms with E-state index in [-0.39, 0.29) is 0 Å². The maximum Gasteiger partial charge on any atom is 0.0593 e. The van der Waals surface area contributed by atoms with Crippen molar-refractivity contribution in [2.75, 3.05) is 11.9 Å². The molecule has 2 nitrogen and oxygen atoms in total. The number of fused-ring (bicyclic) bond motifs is 1. The molecule has 0 amide bonds. The number of pyridine rings is 1. The molecule has 0 saturated heterocycles. The predicted molar refractivity (Wildman–Crippen MR) is 48.7 cm³/mol. The first-order valence-electron chi connectivity index (χ1n) is 3.74. The summed E-state index contributed by atoms with van der Waals surface area (Å²) in [7, 11) is 0. The van der Waals surface area contributed by atoms with Gasteiger partial charge >= 0.3 is 0 Å². The summed E-state index contributed by atoms with van der Waals surface area (Å²) >= 11 is 3.46. The van der Waals surface area contributed by atoms with Crippen LogP contribution in [-0.2, 0) is 6.42 Å². The number of aryl methyl sites for hydroxylation is 1. The molecular weight excluding hydrogens is 204 g/mol. The van der Waals surface area contributed by atoms with Crippen LogP contribution < -0.4 is 5.32 Å². The van der Waals surface area contributed by atoms with Crippen LogP contribution in [0.25, 0.3) is 0 Å². The monoisotopic (exact) mass is 212 g/mol. The quantitative estimate of drug-likeness (QED) is 0.714. The van der Waals surface area contributed by atoms with E-state index in [1.165, 1.54) is 17.7 Å². The van der Waals surface area contributed by atoms with Crippen LogP contribution in [0, 0.1) is 0 Å². The molecule has 11 heavy (non-hydrogen) atoms. The molecule has 0 atom stereocenters. The van der Waals surface area contributed by atoms with Crippen LogP contribution in [0.15, 0.2) is 16.9 Å². The van der Waals surface area contributed by atoms with E-state index in [2.05, 4.69) is 26.2 Å². The molecule has 58 valence electrons. The average molecular weight is 213 g/mol. The van der Waals surface area contributed by atoms with E-state index in [1.807, 2.05) is 12.4 Å². The first-order chi connectivity index (χ1) is 5.38. The van der Waals surface area contributed by atoms with Crippen molar-refractivity contribution in [1.82, 2.24) is 4.98 Å². The second kappa shape index (κ2) is 2.81. The summed E-state index contributed by atoms with van der Waals surface area (Å²) in [6.45, 7) is 1.08. The van der Waals surface area contributed by atoms with Crippen molar-refractivity contribution >= 4 is 21.6 Å². The van der Waals surface area contributed by atoms with Gasteiger partial charge in [-0.3, -0.25) is 4.98 Å². The lowest BCUT2D eigenvalue weighted by molar-refractivity contribution is 0.822. The Bertz CT molecular complexity index is 273. The predicted octanol–water partition coefficient (Wildman–Crippen LogP) is 2.20. The third kappa shape index (κ3) is 1.25. The van der Waals surface area contributed by atoms with Gasteiger partial charge in [-0.2, -0.15) is 0 Å². The summed E-state index contributed by atoms with van der Waals surface area (Å²) in [6, 6.07) is 0. The fourth-order valence-corrected chi connectivity index (χ4v) is 1.87. The Morgan fingerprint density at radius 1 is 1.45 bits per heavy atom. The fraction of sp³-hybridized carbons (Fsp3) is 0.375. The zero-order valence-corrected chi connectivity index (χ0v) is 7.69. The molecule has 0 aliphatic carbocycles. The third-order valence-corrected chi connectivity index (χ3v) is 2.50. The van der Waals surface area contributed by atoms with E-state index in [4.69, 9.17) is 0 Å². The molecule has 1 aromatic heterocycles. The Morgan fingerprint density at radius 2 is 2.36 bits per heavy atom. The largest absolute Gasteiger partial charge is 0.384 e. The lowest BCUT2D eigenvalue weighted by Gasteiger charge is -2.17. The molecule has 0 saturated carbocycles. The Kier molecular flexibility index (Phi) is 1.82. The highest BCUT2D eigenvalue weighted by molar-refractivity contribution is 9.10. The first kappa shape index (κ1) is 7.10. The third-order valence-electron chi connectivity index (χ3n) is 1.90. The SMILES string of the molecule is Brc1cncc2c1NCCC2. The van der Waals surface area contributed by atoms with Crippen LogP contribution in [0.4, 0.5) is 5.69 Å². The van der Waals surface area contributed by atoms with E-state index < -0.39 is 0 Å². The smallest absolute Gasteiger partial charge is 0.0593 e.